The summed E-state index contributed by atoms with van der Waals surface area (Å²) in [4.78, 5) is 29.7. The summed E-state index contributed by atoms with van der Waals surface area (Å²) in [5, 5.41) is 4.77. The first kappa shape index (κ1) is 26.2. The van der Waals surface area contributed by atoms with Gasteiger partial charge in [0, 0.05) is 27.3 Å². The molecule has 1 heterocycles. The molecule has 0 aliphatic carbocycles. The van der Waals surface area contributed by atoms with Crippen molar-refractivity contribution in [2.24, 2.45) is 0 Å². The summed E-state index contributed by atoms with van der Waals surface area (Å²) in [7, 11) is 1.57. The minimum absolute atomic E-state index is 0.0807. The van der Waals surface area contributed by atoms with Crippen molar-refractivity contribution in [2.75, 3.05) is 23.9 Å². The number of nitrogens with one attached hydrogen (secondary N) is 1. The summed E-state index contributed by atoms with van der Waals surface area (Å²) >= 11 is 24.0. The number of hydrogen-bond acceptors (Lipinski definition) is 4. The smallest absolute Gasteiger partial charge is 0.256 e. The molecule has 3 aromatic rings. The van der Waals surface area contributed by atoms with E-state index in [9.17, 15) is 9.59 Å². The number of carbonyl (C=O) groups excluding carboxylic acids is 2. The van der Waals surface area contributed by atoms with E-state index in [0.717, 1.165) is 5.56 Å². The van der Waals surface area contributed by atoms with Crippen LogP contribution < -0.4 is 15.0 Å². The first-order valence-electron chi connectivity index (χ1n) is 11.0. The lowest BCUT2D eigenvalue weighted by Gasteiger charge is -2.24. The first-order chi connectivity index (χ1) is 17.3. The number of carbonyl (C=O) groups is 2. The molecule has 1 fully saturated rings. The zero-order valence-electron chi connectivity index (χ0n) is 19.2. The van der Waals surface area contributed by atoms with Gasteiger partial charge in [0.25, 0.3) is 5.91 Å². The lowest BCUT2D eigenvalue weighted by atomic mass is 10.1. The monoisotopic (exact) mass is 561 g/mol. The fourth-order valence-electron chi connectivity index (χ4n) is 3.94. The average Bonchev–Trinajstić information content (AvgIpc) is 3.08. The number of thiocarbonyl (C=S) groups is 1. The maximum absolute atomic E-state index is 13.6. The maximum atomic E-state index is 13.6. The van der Waals surface area contributed by atoms with Gasteiger partial charge in [-0.15, -0.1) is 0 Å². The molecule has 0 unspecified atom stereocenters. The zero-order chi connectivity index (χ0) is 25.8. The summed E-state index contributed by atoms with van der Waals surface area (Å²) in [6, 6.07) is 18.3. The van der Waals surface area contributed by atoms with E-state index in [1.165, 1.54) is 4.90 Å². The molecular formula is C26H22Cl3N3O3S. The van der Waals surface area contributed by atoms with Crippen LogP contribution in [0.15, 0.2) is 66.7 Å². The second-order valence-electron chi connectivity index (χ2n) is 8.11. The minimum Gasteiger partial charge on any atom is -0.497 e. The van der Waals surface area contributed by atoms with Crippen LogP contribution in [0.25, 0.3) is 0 Å². The van der Waals surface area contributed by atoms with Crippen molar-refractivity contribution in [3.05, 3.63) is 87.4 Å². The van der Waals surface area contributed by atoms with Crippen molar-refractivity contribution >= 4 is 75.3 Å². The van der Waals surface area contributed by atoms with Gasteiger partial charge in [0.2, 0.25) is 5.91 Å². The van der Waals surface area contributed by atoms with Crippen molar-refractivity contribution in [2.45, 2.75) is 18.9 Å². The molecular weight excluding hydrogens is 541 g/mol. The number of methoxy groups -OCH3 is 1. The molecule has 4 rings (SSSR count). The highest BCUT2D eigenvalue weighted by molar-refractivity contribution is 7.80. The summed E-state index contributed by atoms with van der Waals surface area (Å²) in [6.45, 7) is 0.386. The SMILES string of the molecule is COc1ccc(N2C(=O)[C@@H](CC(=O)Nc3ccc(Cl)cc3)N(CCc3ccc(Cl)cc3Cl)C2=S)cc1. The molecule has 10 heteroatoms. The van der Waals surface area contributed by atoms with E-state index in [-0.39, 0.29) is 18.2 Å². The number of ether oxygens (including phenoxy) is 1. The maximum Gasteiger partial charge on any atom is 0.256 e. The van der Waals surface area contributed by atoms with Crippen molar-refractivity contribution in [3.8, 4) is 5.75 Å². The first-order valence-corrected chi connectivity index (χ1v) is 12.6. The van der Waals surface area contributed by atoms with Gasteiger partial charge in [-0.2, -0.15) is 0 Å². The number of hydrogen-bond donors (Lipinski definition) is 1. The molecule has 3 aromatic carbocycles. The van der Waals surface area contributed by atoms with Gasteiger partial charge in [0.15, 0.2) is 5.11 Å². The van der Waals surface area contributed by atoms with E-state index in [1.807, 2.05) is 6.07 Å². The Balaban J connectivity index is 1.57. The molecule has 0 spiro atoms. The largest absolute Gasteiger partial charge is 0.497 e. The van der Waals surface area contributed by atoms with Crippen molar-refractivity contribution in [1.82, 2.24) is 4.90 Å². The molecule has 1 N–H and O–H groups in total. The topological polar surface area (TPSA) is 61.9 Å². The molecule has 6 nitrogen and oxygen atoms in total. The molecule has 2 amide bonds. The quantitative estimate of drug-likeness (QED) is 0.330. The Labute approximate surface area is 229 Å². The standard InChI is InChI=1S/C26H22Cl3N3O3S/c1-35-21-10-8-20(9-11-21)32-25(34)23(15-24(33)30-19-6-4-17(27)5-7-19)31(26(32)36)13-12-16-2-3-18(28)14-22(16)29/h2-11,14,23H,12-13,15H2,1H3,(H,30,33)/t23-/m1/s1. The highest BCUT2D eigenvalue weighted by atomic mass is 35.5. The van der Waals surface area contributed by atoms with Gasteiger partial charge in [0.05, 0.1) is 19.2 Å². The lowest BCUT2D eigenvalue weighted by molar-refractivity contribution is -0.124. The van der Waals surface area contributed by atoms with E-state index in [0.29, 0.717) is 50.3 Å². The van der Waals surface area contributed by atoms with Crippen LogP contribution in [0.3, 0.4) is 0 Å². The number of benzene rings is 3. The molecule has 1 aliphatic rings. The van der Waals surface area contributed by atoms with Gasteiger partial charge in [-0.05, 0) is 84.9 Å². The molecule has 1 saturated heterocycles. The minimum atomic E-state index is -0.780. The van der Waals surface area contributed by atoms with Gasteiger partial charge in [0.1, 0.15) is 11.8 Å². The molecule has 0 bridgehead atoms. The summed E-state index contributed by atoms with van der Waals surface area (Å²) in [6.07, 6.45) is 0.428. The second-order valence-corrected chi connectivity index (χ2v) is 9.75. The normalized spacial score (nSPS) is 15.4. The average molecular weight is 563 g/mol. The van der Waals surface area contributed by atoms with Crippen LogP contribution in [-0.4, -0.2) is 41.5 Å². The van der Waals surface area contributed by atoms with Crippen LogP contribution in [-0.2, 0) is 16.0 Å². The Morgan fingerprint density at radius 3 is 2.31 bits per heavy atom. The Morgan fingerprint density at radius 2 is 1.67 bits per heavy atom. The Bertz CT molecular complexity index is 1290. The summed E-state index contributed by atoms with van der Waals surface area (Å²) < 4.78 is 5.22. The van der Waals surface area contributed by atoms with Crippen LogP contribution >= 0.6 is 47.0 Å². The molecule has 0 saturated carbocycles. The molecule has 1 atom stereocenters. The summed E-state index contributed by atoms with van der Waals surface area (Å²) in [5.41, 5.74) is 2.05. The van der Waals surface area contributed by atoms with Crippen LogP contribution in [0.2, 0.25) is 15.1 Å². The number of halogens is 3. The van der Waals surface area contributed by atoms with Gasteiger partial charge < -0.3 is 15.0 Å². The second kappa shape index (κ2) is 11.5. The highest BCUT2D eigenvalue weighted by Gasteiger charge is 2.44. The molecule has 36 heavy (non-hydrogen) atoms. The third-order valence-corrected chi connectivity index (χ3v) is 7.05. The third-order valence-electron chi connectivity index (χ3n) is 5.79. The zero-order valence-corrected chi connectivity index (χ0v) is 22.3. The predicted octanol–water partition coefficient (Wildman–Crippen LogP) is 6.23. The van der Waals surface area contributed by atoms with E-state index in [4.69, 9.17) is 51.8 Å². The number of rotatable bonds is 8. The Hall–Kier alpha value is -2.84. The molecule has 1 aliphatic heterocycles. The number of nitrogens with zero attached hydrogens (tertiary/aromatic N) is 2. The van der Waals surface area contributed by atoms with Crippen LogP contribution in [0.4, 0.5) is 11.4 Å². The van der Waals surface area contributed by atoms with Gasteiger partial charge in [-0.1, -0.05) is 40.9 Å². The van der Waals surface area contributed by atoms with Crippen molar-refractivity contribution < 1.29 is 14.3 Å². The van der Waals surface area contributed by atoms with Crippen LogP contribution in [0.1, 0.15) is 12.0 Å². The highest BCUT2D eigenvalue weighted by Crippen LogP contribution is 2.30. The van der Waals surface area contributed by atoms with Crippen molar-refractivity contribution in [1.29, 1.82) is 0 Å². The predicted molar refractivity (Wildman–Crippen MR) is 148 cm³/mol. The number of anilines is 2. The van der Waals surface area contributed by atoms with Gasteiger partial charge in [-0.25, -0.2) is 0 Å². The lowest BCUT2D eigenvalue weighted by Crippen LogP contribution is -2.39. The van der Waals surface area contributed by atoms with E-state index < -0.39 is 6.04 Å². The Kier molecular flexibility index (Phi) is 8.36. The fourth-order valence-corrected chi connectivity index (χ4v) is 4.99. The van der Waals surface area contributed by atoms with E-state index in [1.54, 1.807) is 72.7 Å². The fraction of sp³-hybridized carbons (Fsp3) is 0.192. The summed E-state index contributed by atoms with van der Waals surface area (Å²) in [5.74, 6) is 0.0626. The van der Waals surface area contributed by atoms with Crippen LogP contribution in [0.5, 0.6) is 5.75 Å². The third kappa shape index (κ3) is 5.93. The molecule has 186 valence electrons. The Morgan fingerprint density at radius 1 is 1.00 bits per heavy atom. The van der Waals surface area contributed by atoms with Gasteiger partial charge in [-0.3, -0.25) is 14.5 Å². The molecule has 0 radical (unpaired) electrons. The van der Waals surface area contributed by atoms with Crippen LogP contribution in [0, 0.1) is 0 Å². The van der Waals surface area contributed by atoms with E-state index >= 15 is 0 Å². The van der Waals surface area contributed by atoms with E-state index in [2.05, 4.69) is 5.32 Å². The number of amides is 2. The molecule has 0 aromatic heterocycles. The van der Waals surface area contributed by atoms with Gasteiger partial charge >= 0.3 is 0 Å². The van der Waals surface area contributed by atoms with Crippen molar-refractivity contribution in [3.63, 3.8) is 0 Å².